The van der Waals surface area contributed by atoms with Crippen molar-refractivity contribution in [2.45, 2.75) is 75.7 Å². The van der Waals surface area contributed by atoms with Gasteiger partial charge in [-0.3, -0.25) is 4.79 Å². The Morgan fingerprint density at radius 2 is 1.71 bits per heavy atom. The number of carbonyl (C=O) groups is 1. The van der Waals surface area contributed by atoms with Gasteiger partial charge in [-0.25, -0.2) is 4.39 Å². The first-order chi connectivity index (χ1) is 19.7. The zero-order valence-electron chi connectivity index (χ0n) is 23.5. The molecule has 0 aliphatic carbocycles. The molecule has 2 aromatic carbocycles. The first-order valence-corrected chi connectivity index (χ1v) is 15.8. The average molecular weight is 622 g/mol. The lowest BCUT2D eigenvalue weighted by Crippen LogP contribution is -2.47. The van der Waals surface area contributed by atoms with Crippen LogP contribution in [-0.4, -0.2) is 66.3 Å². The molecule has 2 aliphatic rings. The van der Waals surface area contributed by atoms with Crippen molar-refractivity contribution in [1.29, 1.82) is 10.8 Å². The average Bonchev–Trinajstić information content (AvgIpc) is 2.98. The molecule has 222 valence electrons. The van der Waals surface area contributed by atoms with Crippen LogP contribution >= 0.6 is 34.8 Å². The third-order valence-electron chi connectivity index (χ3n) is 8.92. The van der Waals surface area contributed by atoms with Crippen LogP contribution in [0, 0.1) is 16.6 Å². The highest BCUT2D eigenvalue weighted by molar-refractivity contribution is 6.42. The Kier molecular flexibility index (Phi) is 11.8. The Balaban J connectivity index is 1.52. The summed E-state index contributed by atoms with van der Waals surface area (Å²) in [6.45, 7) is 5.27. The van der Waals surface area contributed by atoms with Gasteiger partial charge in [0.25, 0.3) is 0 Å². The van der Waals surface area contributed by atoms with Crippen molar-refractivity contribution in [2.24, 2.45) is 0 Å². The molecule has 2 aliphatic heterocycles. The first-order valence-electron chi connectivity index (χ1n) is 14.7. The lowest BCUT2D eigenvalue weighted by Gasteiger charge is -2.42. The van der Waals surface area contributed by atoms with Crippen LogP contribution in [0.4, 0.5) is 4.39 Å². The highest BCUT2D eigenvalue weighted by atomic mass is 35.5. The number of benzene rings is 2. The second-order valence-electron chi connectivity index (χ2n) is 11.5. The molecule has 0 amide bonds. The SMILES string of the molecule is N=CCC[C@@](CCN1CCC(N2CCCCC2)CC1)(CC(=N)C(=O)Cc1c(F)cccc1Cl)c1ccc(Cl)c(Cl)c1. The summed E-state index contributed by atoms with van der Waals surface area (Å²) in [4.78, 5) is 18.4. The molecular formula is C32H40Cl3FN4O. The van der Waals surface area contributed by atoms with E-state index in [0.717, 1.165) is 38.0 Å². The van der Waals surface area contributed by atoms with Gasteiger partial charge in [0.2, 0.25) is 0 Å². The van der Waals surface area contributed by atoms with Gasteiger partial charge >= 0.3 is 0 Å². The minimum Gasteiger partial charge on any atom is -0.313 e. The van der Waals surface area contributed by atoms with Gasteiger partial charge in [0.15, 0.2) is 5.78 Å². The number of halogens is 4. The number of piperidine rings is 2. The van der Waals surface area contributed by atoms with Gasteiger partial charge in [0, 0.05) is 34.9 Å². The molecule has 0 unspecified atom stereocenters. The summed E-state index contributed by atoms with van der Waals surface area (Å²) in [5.74, 6) is -1.01. The fourth-order valence-electron chi connectivity index (χ4n) is 6.44. The van der Waals surface area contributed by atoms with E-state index < -0.39 is 17.0 Å². The molecule has 2 aromatic rings. The number of likely N-dealkylation sites (tertiary alicyclic amines) is 2. The summed E-state index contributed by atoms with van der Waals surface area (Å²) in [5, 5.41) is 17.6. The second kappa shape index (κ2) is 15.1. The van der Waals surface area contributed by atoms with E-state index in [1.807, 2.05) is 12.1 Å². The maximum atomic E-state index is 14.4. The van der Waals surface area contributed by atoms with Gasteiger partial charge in [-0.05, 0) is 114 Å². The fourth-order valence-corrected chi connectivity index (χ4v) is 6.96. The molecule has 2 saturated heterocycles. The largest absolute Gasteiger partial charge is 0.313 e. The first kappa shape index (κ1) is 32.1. The number of hydrogen-bond acceptors (Lipinski definition) is 5. The predicted molar refractivity (Wildman–Crippen MR) is 168 cm³/mol. The van der Waals surface area contributed by atoms with Crippen molar-refractivity contribution in [1.82, 2.24) is 9.80 Å². The number of carbonyl (C=O) groups excluding carboxylic acids is 1. The fraction of sp³-hybridized carbons (Fsp3) is 0.531. The van der Waals surface area contributed by atoms with E-state index in [9.17, 15) is 9.18 Å². The molecule has 2 heterocycles. The van der Waals surface area contributed by atoms with Crippen LogP contribution in [0.25, 0.3) is 0 Å². The number of hydrogen-bond donors (Lipinski definition) is 2. The quantitative estimate of drug-likeness (QED) is 0.223. The number of Topliss-reactive ketones (excluding diaryl/α,β-unsaturated/α-hetero) is 1. The lowest BCUT2D eigenvalue weighted by atomic mass is 9.69. The highest BCUT2D eigenvalue weighted by Crippen LogP contribution is 2.40. The Morgan fingerprint density at radius 1 is 0.976 bits per heavy atom. The van der Waals surface area contributed by atoms with Crippen molar-refractivity contribution >= 4 is 52.5 Å². The van der Waals surface area contributed by atoms with Crippen LogP contribution in [0.15, 0.2) is 36.4 Å². The smallest absolute Gasteiger partial charge is 0.180 e. The summed E-state index contributed by atoms with van der Waals surface area (Å²) < 4.78 is 14.4. The molecule has 0 saturated carbocycles. The zero-order valence-corrected chi connectivity index (χ0v) is 25.8. The van der Waals surface area contributed by atoms with Gasteiger partial charge in [0.1, 0.15) is 5.82 Å². The van der Waals surface area contributed by atoms with Crippen molar-refractivity contribution < 1.29 is 9.18 Å². The molecule has 5 nitrogen and oxygen atoms in total. The van der Waals surface area contributed by atoms with E-state index in [1.54, 1.807) is 12.1 Å². The standard InChI is InChI=1S/C32H40Cl3FN4O/c33-26-6-4-7-29(36)25(26)21-31(41)30(38)22-32(12-5-14-37,23-8-9-27(34)28(35)20-23)13-19-39-17-10-24(11-18-39)40-15-2-1-3-16-40/h4,6-9,14,20,24,37-38H,1-3,5,10-13,15-19,21-22H2/t32-/m1/s1. The topological polar surface area (TPSA) is 71.2 Å². The lowest BCUT2D eigenvalue weighted by molar-refractivity contribution is -0.112. The summed E-state index contributed by atoms with van der Waals surface area (Å²) in [7, 11) is 0. The molecule has 2 N–H and O–H groups in total. The third-order valence-corrected chi connectivity index (χ3v) is 10.0. The molecule has 2 fully saturated rings. The summed E-state index contributed by atoms with van der Waals surface area (Å²) in [6.07, 6.45) is 9.28. The van der Waals surface area contributed by atoms with Crippen LogP contribution < -0.4 is 0 Å². The number of rotatable bonds is 13. The molecule has 0 spiro atoms. The van der Waals surface area contributed by atoms with E-state index in [4.69, 9.17) is 45.6 Å². The minimum atomic E-state index is -0.610. The van der Waals surface area contributed by atoms with E-state index in [2.05, 4.69) is 9.80 Å². The van der Waals surface area contributed by atoms with Crippen molar-refractivity contribution in [3.05, 3.63) is 68.4 Å². The van der Waals surface area contributed by atoms with Crippen molar-refractivity contribution in [2.75, 3.05) is 32.7 Å². The second-order valence-corrected chi connectivity index (χ2v) is 12.7. The number of ketones is 1. The van der Waals surface area contributed by atoms with Crippen molar-refractivity contribution in [3.8, 4) is 0 Å². The summed E-state index contributed by atoms with van der Waals surface area (Å²) in [6, 6.07) is 10.5. The van der Waals surface area contributed by atoms with Gasteiger partial charge in [-0.15, -0.1) is 0 Å². The van der Waals surface area contributed by atoms with Gasteiger partial charge in [-0.2, -0.15) is 0 Å². The van der Waals surface area contributed by atoms with Crippen LogP contribution in [0.5, 0.6) is 0 Å². The van der Waals surface area contributed by atoms with Gasteiger partial charge < -0.3 is 20.6 Å². The number of nitrogens with one attached hydrogen (secondary N) is 2. The number of nitrogens with zero attached hydrogens (tertiary/aromatic N) is 2. The molecule has 0 radical (unpaired) electrons. The maximum Gasteiger partial charge on any atom is 0.180 e. The third kappa shape index (κ3) is 8.39. The molecule has 4 rings (SSSR count). The maximum absolute atomic E-state index is 14.4. The minimum absolute atomic E-state index is 0.0795. The molecule has 41 heavy (non-hydrogen) atoms. The van der Waals surface area contributed by atoms with Crippen LogP contribution in [0.1, 0.15) is 68.9 Å². The molecule has 9 heteroatoms. The molecule has 0 aromatic heterocycles. The monoisotopic (exact) mass is 620 g/mol. The Morgan fingerprint density at radius 3 is 2.37 bits per heavy atom. The van der Waals surface area contributed by atoms with Crippen LogP contribution in [0.2, 0.25) is 15.1 Å². The zero-order chi connectivity index (χ0) is 29.4. The normalized spacial score (nSPS) is 18.6. The Hall–Kier alpha value is -1.83. The van der Waals surface area contributed by atoms with E-state index in [-0.39, 0.29) is 29.1 Å². The summed E-state index contributed by atoms with van der Waals surface area (Å²) >= 11 is 18.9. The molecule has 0 bridgehead atoms. The van der Waals surface area contributed by atoms with Gasteiger partial charge in [0.05, 0.1) is 15.8 Å². The van der Waals surface area contributed by atoms with E-state index in [1.165, 1.54) is 50.7 Å². The predicted octanol–water partition coefficient (Wildman–Crippen LogP) is 8.02. The molecule has 1 atom stereocenters. The molecular weight excluding hydrogens is 582 g/mol. The van der Waals surface area contributed by atoms with Crippen molar-refractivity contribution in [3.63, 3.8) is 0 Å². The van der Waals surface area contributed by atoms with Gasteiger partial charge in [-0.1, -0.05) is 53.4 Å². The highest BCUT2D eigenvalue weighted by Gasteiger charge is 2.36. The summed E-state index contributed by atoms with van der Waals surface area (Å²) in [5.41, 5.74) is 0.323. The Labute approximate surface area is 258 Å². The van der Waals surface area contributed by atoms with E-state index >= 15 is 0 Å². The Bertz CT molecular complexity index is 1210. The van der Waals surface area contributed by atoms with Crippen LogP contribution in [0.3, 0.4) is 0 Å². The van der Waals surface area contributed by atoms with Crippen LogP contribution in [-0.2, 0) is 16.6 Å². The van der Waals surface area contributed by atoms with E-state index in [0.29, 0.717) is 35.3 Å².